The molecule has 1 N–H and O–H groups in total. The van der Waals surface area contributed by atoms with Gasteiger partial charge in [-0.2, -0.15) is 5.10 Å². The van der Waals surface area contributed by atoms with Crippen LogP contribution in [0.1, 0.15) is 26.3 Å². The molecule has 3 aromatic carbocycles. The highest BCUT2D eigenvalue weighted by atomic mass is 35.5. The number of nitrogens with one attached hydrogen (secondary N) is 1. The molecule has 0 unspecified atom stereocenters. The maximum atomic E-state index is 12.4. The summed E-state index contributed by atoms with van der Waals surface area (Å²) < 4.78 is 10.7. The van der Waals surface area contributed by atoms with Gasteiger partial charge in [-0.3, -0.25) is 4.79 Å². The second-order valence-electron chi connectivity index (χ2n) is 6.25. The van der Waals surface area contributed by atoms with Gasteiger partial charge in [0.2, 0.25) is 0 Å². The van der Waals surface area contributed by atoms with Gasteiger partial charge in [-0.15, -0.1) is 0 Å². The second kappa shape index (κ2) is 10.7. The molecule has 32 heavy (non-hydrogen) atoms. The Kier molecular flexibility index (Phi) is 7.99. The van der Waals surface area contributed by atoms with Crippen molar-refractivity contribution >= 4 is 64.5 Å². The molecule has 6 nitrogen and oxygen atoms in total. The van der Waals surface area contributed by atoms with Crippen molar-refractivity contribution in [3.63, 3.8) is 0 Å². The molecule has 0 bridgehead atoms. The fourth-order valence-corrected chi connectivity index (χ4v) is 3.32. The summed E-state index contributed by atoms with van der Waals surface area (Å²) in [6, 6.07) is 13.7. The quantitative estimate of drug-likeness (QED) is 0.182. The number of nitrogens with zero attached hydrogens (tertiary/aromatic N) is 1. The zero-order valence-electron chi connectivity index (χ0n) is 16.4. The molecular formula is C22H14Cl4N2O4. The molecule has 164 valence electrons. The highest BCUT2D eigenvalue weighted by Gasteiger charge is 2.14. The molecule has 0 aliphatic carbocycles. The number of methoxy groups -OCH3 is 1. The molecule has 0 saturated heterocycles. The van der Waals surface area contributed by atoms with Gasteiger partial charge in [-0.25, -0.2) is 10.2 Å². The maximum absolute atomic E-state index is 12.4. The molecule has 0 heterocycles. The van der Waals surface area contributed by atoms with Crippen LogP contribution >= 0.6 is 46.4 Å². The molecule has 0 atom stereocenters. The molecule has 3 aromatic rings. The van der Waals surface area contributed by atoms with Crippen molar-refractivity contribution in [1.29, 1.82) is 0 Å². The lowest BCUT2D eigenvalue weighted by molar-refractivity contribution is 0.0729. The Balaban J connectivity index is 1.69. The van der Waals surface area contributed by atoms with Gasteiger partial charge in [0.25, 0.3) is 5.91 Å². The number of halogens is 4. The predicted octanol–water partition coefficient (Wildman–Crippen LogP) is 6.29. The summed E-state index contributed by atoms with van der Waals surface area (Å²) in [6.45, 7) is 0. The molecule has 0 radical (unpaired) electrons. The smallest absolute Gasteiger partial charge is 0.343 e. The molecular weight excluding hydrogens is 498 g/mol. The van der Waals surface area contributed by atoms with Crippen LogP contribution < -0.4 is 14.9 Å². The van der Waals surface area contributed by atoms with Crippen molar-refractivity contribution < 1.29 is 19.1 Å². The Bertz CT molecular complexity index is 1210. The average molecular weight is 512 g/mol. The lowest BCUT2D eigenvalue weighted by atomic mass is 10.2. The Morgan fingerprint density at radius 3 is 2.34 bits per heavy atom. The van der Waals surface area contributed by atoms with Gasteiger partial charge in [0, 0.05) is 5.02 Å². The van der Waals surface area contributed by atoms with E-state index in [1.807, 2.05) is 0 Å². The second-order valence-corrected chi connectivity index (χ2v) is 7.91. The van der Waals surface area contributed by atoms with Crippen LogP contribution in [0.5, 0.6) is 11.5 Å². The van der Waals surface area contributed by atoms with Crippen LogP contribution in [0.4, 0.5) is 0 Å². The van der Waals surface area contributed by atoms with Gasteiger partial charge >= 0.3 is 5.97 Å². The Labute approximate surface area is 203 Å². The molecule has 0 aliphatic heterocycles. The molecule has 0 aromatic heterocycles. The molecule has 0 saturated carbocycles. The van der Waals surface area contributed by atoms with Crippen LogP contribution in [-0.2, 0) is 0 Å². The first-order valence-electron chi connectivity index (χ1n) is 8.92. The van der Waals surface area contributed by atoms with E-state index in [9.17, 15) is 9.59 Å². The van der Waals surface area contributed by atoms with Crippen LogP contribution in [0, 0.1) is 0 Å². The van der Waals surface area contributed by atoms with Crippen molar-refractivity contribution in [3.05, 3.63) is 91.4 Å². The van der Waals surface area contributed by atoms with E-state index >= 15 is 0 Å². The number of hydrogen-bond acceptors (Lipinski definition) is 5. The number of ether oxygens (including phenoxy) is 2. The molecule has 1 amide bonds. The van der Waals surface area contributed by atoms with E-state index in [0.717, 1.165) is 0 Å². The first-order valence-corrected chi connectivity index (χ1v) is 10.4. The Hall–Kier alpha value is -2.77. The van der Waals surface area contributed by atoms with E-state index in [4.69, 9.17) is 55.9 Å². The van der Waals surface area contributed by atoms with Crippen LogP contribution in [0.3, 0.4) is 0 Å². The summed E-state index contributed by atoms with van der Waals surface area (Å²) in [4.78, 5) is 24.6. The third kappa shape index (κ3) is 5.93. The summed E-state index contributed by atoms with van der Waals surface area (Å²) in [5, 5.41) is 5.10. The van der Waals surface area contributed by atoms with Crippen molar-refractivity contribution in [1.82, 2.24) is 5.43 Å². The highest BCUT2D eigenvalue weighted by molar-refractivity contribution is 6.42. The van der Waals surface area contributed by atoms with E-state index in [-0.39, 0.29) is 32.7 Å². The fourth-order valence-electron chi connectivity index (χ4n) is 2.53. The third-order valence-corrected chi connectivity index (χ3v) is 5.39. The average Bonchev–Trinajstić information content (AvgIpc) is 2.76. The SMILES string of the molecule is COc1cc(/C=N/NC(=O)c2ccc(Cl)cc2Cl)ccc1OC(=O)c1ccc(Cl)c(Cl)c1. The van der Waals surface area contributed by atoms with Crippen LogP contribution in [-0.4, -0.2) is 25.2 Å². The third-order valence-electron chi connectivity index (χ3n) is 4.10. The first kappa shape index (κ1) is 23.9. The summed E-state index contributed by atoms with van der Waals surface area (Å²) in [7, 11) is 1.43. The summed E-state index contributed by atoms with van der Waals surface area (Å²) in [5.41, 5.74) is 3.42. The van der Waals surface area contributed by atoms with Gasteiger partial charge in [0.1, 0.15) is 0 Å². The molecule has 0 fully saturated rings. The minimum atomic E-state index is -0.629. The lowest BCUT2D eigenvalue weighted by Gasteiger charge is -2.10. The van der Waals surface area contributed by atoms with Crippen molar-refractivity contribution in [2.45, 2.75) is 0 Å². The van der Waals surface area contributed by atoms with Gasteiger partial charge in [-0.1, -0.05) is 46.4 Å². The molecule has 3 rings (SSSR count). The maximum Gasteiger partial charge on any atom is 0.343 e. The zero-order chi connectivity index (χ0) is 23.3. The monoisotopic (exact) mass is 510 g/mol. The topological polar surface area (TPSA) is 77.0 Å². The number of carbonyl (C=O) groups excluding carboxylic acids is 2. The summed E-state index contributed by atoms with van der Waals surface area (Å²) in [6.07, 6.45) is 1.40. The van der Waals surface area contributed by atoms with Crippen molar-refractivity contribution in [3.8, 4) is 11.5 Å². The number of benzene rings is 3. The zero-order valence-corrected chi connectivity index (χ0v) is 19.4. The summed E-state index contributed by atoms with van der Waals surface area (Å²) in [5.74, 6) is -0.649. The first-order chi connectivity index (χ1) is 15.3. The van der Waals surface area contributed by atoms with Crippen LogP contribution in [0.2, 0.25) is 20.1 Å². The molecule has 0 aliphatic rings. The fraction of sp³-hybridized carbons (Fsp3) is 0.0455. The number of hydrazone groups is 1. The van der Waals surface area contributed by atoms with E-state index in [1.54, 1.807) is 18.2 Å². The van der Waals surface area contributed by atoms with E-state index in [2.05, 4.69) is 10.5 Å². The van der Waals surface area contributed by atoms with Crippen LogP contribution in [0.25, 0.3) is 0 Å². The number of hydrogen-bond donors (Lipinski definition) is 1. The highest BCUT2D eigenvalue weighted by Crippen LogP contribution is 2.29. The number of esters is 1. The normalized spacial score (nSPS) is 10.8. The minimum absolute atomic E-state index is 0.192. The molecule has 0 spiro atoms. The number of carbonyl (C=O) groups is 2. The lowest BCUT2D eigenvalue weighted by Crippen LogP contribution is -2.18. The van der Waals surface area contributed by atoms with Gasteiger partial charge < -0.3 is 9.47 Å². The standard InChI is InChI=1S/C22H14Cl4N2O4/c1-31-20-8-12(11-27-28-21(29)15-5-4-14(23)10-17(15)25)2-7-19(20)32-22(30)13-3-6-16(24)18(26)9-13/h2-11H,1H3,(H,28,29)/b27-11+. The number of rotatable bonds is 6. The van der Waals surface area contributed by atoms with E-state index in [0.29, 0.717) is 15.6 Å². The van der Waals surface area contributed by atoms with Crippen molar-refractivity contribution in [2.75, 3.05) is 7.11 Å². The van der Waals surface area contributed by atoms with Crippen molar-refractivity contribution in [2.24, 2.45) is 5.10 Å². The van der Waals surface area contributed by atoms with E-state index < -0.39 is 11.9 Å². The van der Waals surface area contributed by atoms with Gasteiger partial charge in [0.15, 0.2) is 11.5 Å². The van der Waals surface area contributed by atoms with E-state index in [1.165, 1.54) is 49.7 Å². The Morgan fingerprint density at radius 2 is 1.66 bits per heavy atom. The largest absolute Gasteiger partial charge is 0.493 e. The summed E-state index contributed by atoms with van der Waals surface area (Å²) >= 11 is 23.6. The predicted molar refractivity (Wildman–Crippen MR) is 126 cm³/mol. The van der Waals surface area contributed by atoms with Crippen LogP contribution in [0.15, 0.2) is 59.7 Å². The van der Waals surface area contributed by atoms with Gasteiger partial charge in [0.05, 0.1) is 39.5 Å². The number of amides is 1. The Morgan fingerprint density at radius 1 is 0.875 bits per heavy atom. The molecule has 10 heteroatoms. The van der Waals surface area contributed by atoms with Gasteiger partial charge in [-0.05, 0) is 60.2 Å². The minimum Gasteiger partial charge on any atom is -0.493 e.